The Labute approximate surface area is 83.5 Å². The van der Waals surface area contributed by atoms with Crippen molar-refractivity contribution < 1.29 is 9.47 Å². The summed E-state index contributed by atoms with van der Waals surface area (Å²) >= 11 is 0. The molecule has 71 valence electrons. The molecule has 0 fully saturated rings. The van der Waals surface area contributed by atoms with Gasteiger partial charge >= 0.3 is 0 Å². The van der Waals surface area contributed by atoms with Crippen molar-refractivity contribution in [2.75, 3.05) is 7.11 Å². The fourth-order valence-electron chi connectivity index (χ4n) is 1.34. The number of ether oxygens (including phenoxy) is 2. The molecule has 1 heterocycles. The van der Waals surface area contributed by atoms with Gasteiger partial charge in [0, 0.05) is 5.56 Å². The molecule has 1 radical (unpaired) electrons. The minimum atomic E-state index is 0.810. The molecule has 0 atom stereocenters. The van der Waals surface area contributed by atoms with Crippen molar-refractivity contribution in [3.8, 4) is 5.75 Å². The van der Waals surface area contributed by atoms with E-state index in [-0.39, 0.29) is 0 Å². The van der Waals surface area contributed by atoms with Crippen LogP contribution in [0.2, 0.25) is 0 Å². The van der Waals surface area contributed by atoms with Gasteiger partial charge in [-0.2, -0.15) is 0 Å². The highest BCUT2D eigenvalue weighted by molar-refractivity contribution is 5.46. The first-order chi connectivity index (χ1) is 6.92. The van der Waals surface area contributed by atoms with E-state index in [1.807, 2.05) is 42.5 Å². The molecule has 0 aliphatic carbocycles. The molecule has 1 aromatic rings. The summed E-state index contributed by atoms with van der Waals surface area (Å²) in [5.74, 6) is 0.822. The summed E-state index contributed by atoms with van der Waals surface area (Å²) in [5.41, 5.74) is 0.968. The summed E-state index contributed by atoms with van der Waals surface area (Å²) in [5, 5.41) is 0. The standard InChI is InChI=1S/C12H11O2/c1-13-11-7-3-2-6-10(11)12-8-4-5-9-14-12/h2-9H,1H3. The van der Waals surface area contributed by atoms with Gasteiger partial charge in [-0.3, -0.25) is 0 Å². The van der Waals surface area contributed by atoms with E-state index in [4.69, 9.17) is 9.47 Å². The summed E-state index contributed by atoms with van der Waals surface area (Å²) in [6.45, 7) is 0. The quantitative estimate of drug-likeness (QED) is 0.708. The Morgan fingerprint density at radius 2 is 2.00 bits per heavy atom. The van der Waals surface area contributed by atoms with Crippen LogP contribution in [0.3, 0.4) is 0 Å². The van der Waals surface area contributed by atoms with E-state index in [2.05, 4.69) is 0 Å². The molecule has 1 aromatic carbocycles. The van der Waals surface area contributed by atoms with Crippen LogP contribution in [0, 0.1) is 6.10 Å². The SMILES string of the molecule is COc1ccccc1[C]1C=CC=CO1. The molecule has 0 saturated carbocycles. The molecular weight excluding hydrogens is 176 g/mol. The van der Waals surface area contributed by atoms with Crippen LogP contribution in [0.4, 0.5) is 0 Å². The lowest BCUT2D eigenvalue weighted by Gasteiger charge is -2.16. The van der Waals surface area contributed by atoms with Crippen LogP contribution in [-0.2, 0) is 4.74 Å². The second-order valence-electron chi connectivity index (χ2n) is 2.87. The Morgan fingerprint density at radius 1 is 1.14 bits per heavy atom. The number of hydrogen-bond donors (Lipinski definition) is 0. The molecule has 1 aliphatic rings. The maximum Gasteiger partial charge on any atom is 0.202 e. The van der Waals surface area contributed by atoms with E-state index < -0.39 is 0 Å². The van der Waals surface area contributed by atoms with Gasteiger partial charge in [0.1, 0.15) is 5.75 Å². The maximum absolute atomic E-state index is 5.38. The third-order valence-corrected chi connectivity index (χ3v) is 2.00. The minimum Gasteiger partial charge on any atom is -0.496 e. The van der Waals surface area contributed by atoms with Gasteiger partial charge in [-0.05, 0) is 18.2 Å². The molecule has 0 saturated heterocycles. The molecule has 2 nitrogen and oxygen atoms in total. The fourth-order valence-corrected chi connectivity index (χ4v) is 1.34. The average Bonchev–Trinajstić information content (AvgIpc) is 2.30. The van der Waals surface area contributed by atoms with Crippen LogP contribution >= 0.6 is 0 Å². The molecular formula is C12H11O2. The minimum absolute atomic E-state index is 0.810. The lowest BCUT2D eigenvalue weighted by molar-refractivity contribution is 0.298. The highest BCUT2D eigenvalue weighted by atomic mass is 16.5. The van der Waals surface area contributed by atoms with Gasteiger partial charge in [0.05, 0.1) is 13.4 Å². The van der Waals surface area contributed by atoms with Gasteiger partial charge < -0.3 is 9.47 Å². The summed E-state index contributed by atoms with van der Waals surface area (Å²) in [6.07, 6.45) is 8.16. The first kappa shape index (κ1) is 8.88. The molecule has 0 bridgehead atoms. The molecule has 14 heavy (non-hydrogen) atoms. The fraction of sp³-hybridized carbons (Fsp3) is 0.0833. The van der Waals surface area contributed by atoms with E-state index in [0.717, 1.165) is 17.4 Å². The third-order valence-electron chi connectivity index (χ3n) is 2.00. The summed E-state index contributed by atoms with van der Waals surface area (Å²) in [7, 11) is 1.65. The normalized spacial score (nSPS) is 15.2. The Bertz CT molecular complexity index is 366. The van der Waals surface area contributed by atoms with Crippen molar-refractivity contribution >= 4 is 0 Å². The van der Waals surface area contributed by atoms with Crippen LogP contribution in [0.1, 0.15) is 5.56 Å². The van der Waals surface area contributed by atoms with Crippen LogP contribution in [0.25, 0.3) is 0 Å². The van der Waals surface area contributed by atoms with Crippen molar-refractivity contribution in [3.05, 3.63) is 60.4 Å². The van der Waals surface area contributed by atoms with Gasteiger partial charge in [0.25, 0.3) is 0 Å². The predicted molar refractivity (Wildman–Crippen MR) is 54.7 cm³/mol. The zero-order valence-corrected chi connectivity index (χ0v) is 7.94. The van der Waals surface area contributed by atoms with E-state index in [0.29, 0.717) is 0 Å². The molecule has 0 amide bonds. The topological polar surface area (TPSA) is 18.5 Å². The van der Waals surface area contributed by atoms with Crippen molar-refractivity contribution in [2.45, 2.75) is 0 Å². The van der Waals surface area contributed by atoms with Crippen molar-refractivity contribution in [2.24, 2.45) is 0 Å². The second-order valence-corrected chi connectivity index (χ2v) is 2.87. The van der Waals surface area contributed by atoms with Gasteiger partial charge in [-0.15, -0.1) is 0 Å². The number of allylic oxidation sites excluding steroid dienone is 2. The maximum atomic E-state index is 5.38. The zero-order valence-electron chi connectivity index (χ0n) is 7.94. The van der Waals surface area contributed by atoms with E-state index in [1.165, 1.54) is 0 Å². The van der Waals surface area contributed by atoms with Gasteiger partial charge in [-0.1, -0.05) is 24.3 Å². The predicted octanol–water partition coefficient (Wildman–Crippen LogP) is 2.68. The molecule has 0 spiro atoms. The van der Waals surface area contributed by atoms with Gasteiger partial charge in [-0.25, -0.2) is 0 Å². The molecule has 0 unspecified atom stereocenters. The lowest BCUT2D eigenvalue weighted by atomic mass is 10.1. The van der Waals surface area contributed by atoms with Crippen LogP contribution in [0.5, 0.6) is 5.75 Å². The number of hydrogen-bond acceptors (Lipinski definition) is 2. The number of para-hydroxylation sites is 1. The Kier molecular flexibility index (Phi) is 2.54. The van der Waals surface area contributed by atoms with Crippen molar-refractivity contribution in [1.82, 2.24) is 0 Å². The van der Waals surface area contributed by atoms with Gasteiger partial charge in [0.2, 0.25) is 6.10 Å². The summed E-state index contributed by atoms with van der Waals surface area (Å²) < 4.78 is 10.6. The highest BCUT2D eigenvalue weighted by Gasteiger charge is 2.15. The number of benzene rings is 1. The highest BCUT2D eigenvalue weighted by Crippen LogP contribution is 2.28. The second kappa shape index (κ2) is 4.01. The molecule has 1 aliphatic heterocycles. The van der Waals surface area contributed by atoms with Crippen LogP contribution in [-0.4, -0.2) is 7.11 Å². The van der Waals surface area contributed by atoms with E-state index in [9.17, 15) is 0 Å². The molecule has 2 heteroatoms. The molecule has 0 aromatic heterocycles. The Hall–Kier alpha value is -1.70. The number of methoxy groups -OCH3 is 1. The summed E-state index contributed by atoms with van der Waals surface area (Å²) in [4.78, 5) is 0. The Balaban J connectivity index is 2.31. The van der Waals surface area contributed by atoms with E-state index in [1.54, 1.807) is 13.4 Å². The summed E-state index contributed by atoms with van der Waals surface area (Å²) in [6, 6.07) is 7.78. The van der Waals surface area contributed by atoms with E-state index >= 15 is 0 Å². The zero-order chi connectivity index (χ0) is 9.80. The first-order valence-electron chi connectivity index (χ1n) is 4.42. The van der Waals surface area contributed by atoms with Crippen LogP contribution in [0.15, 0.2) is 48.8 Å². The van der Waals surface area contributed by atoms with Gasteiger partial charge in [0.15, 0.2) is 0 Å². The monoisotopic (exact) mass is 187 g/mol. The van der Waals surface area contributed by atoms with Crippen LogP contribution < -0.4 is 4.74 Å². The van der Waals surface area contributed by atoms with Crippen molar-refractivity contribution in [1.29, 1.82) is 0 Å². The average molecular weight is 187 g/mol. The lowest BCUT2D eigenvalue weighted by Crippen LogP contribution is -2.02. The third kappa shape index (κ3) is 1.64. The molecule has 2 rings (SSSR count). The smallest absolute Gasteiger partial charge is 0.202 e. The number of rotatable bonds is 2. The largest absolute Gasteiger partial charge is 0.496 e. The first-order valence-corrected chi connectivity index (χ1v) is 4.42. The molecule has 0 N–H and O–H groups in total. The Morgan fingerprint density at radius 3 is 2.71 bits per heavy atom. The van der Waals surface area contributed by atoms with Crippen molar-refractivity contribution in [3.63, 3.8) is 0 Å².